The van der Waals surface area contributed by atoms with Gasteiger partial charge in [-0.05, 0) is 49.2 Å². The van der Waals surface area contributed by atoms with E-state index in [1.54, 1.807) is 32.0 Å². The van der Waals surface area contributed by atoms with Crippen molar-refractivity contribution < 1.29 is 42.1 Å². The number of benzene rings is 2. The highest BCUT2D eigenvalue weighted by Gasteiger charge is 2.32. The molecule has 2 aromatic rings. The van der Waals surface area contributed by atoms with Gasteiger partial charge in [0.2, 0.25) is 0 Å². The van der Waals surface area contributed by atoms with Crippen molar-refractivity contribution in [2.75, 3.05) is 20.3 Å². The van der Waals surface area contributed by atoms with Crippen LogP contribution in [0.1, 0.15) is 36.6 Å². The number of allylic oxidation sites excluding steroid dienone is 1. The molecule has 1 heterocycles. The normalized spacial score (nSPS) is 16.5. The minimum absolute atomic E-state index is 0.230. The smallest absolute Gasteiger partial charge is 0.416 e. The molecule has 4 N–H and O–H groups in total. The van der Waals surface area contributed by atoms with E-state index < -0.39 is 36.0 Å². The van der Waals surface area contributed by atoms with E-state index in [1.165, 1.54) is 25.5 Å². The molecule has 0 aliphatic carbocycles. The molecule has 1 aliphatic heterocycles. The number of hydrogen-bond donors (Lipinski definition) is 4. The van der Waals surface area contributed by atoms with E-state index in [0.717, 1.165) is 12.1 Å². The minimum atomic E-state index is -4.43. The highest BCUT2D eigenvalue weighted by molar-refractivity contribution is 5.95. The van der Waals surface area contributed by atoms with Gasteiger partial charge in [-0.2, -0.15) is 18.3 Å². The molecule has 1 aliphatic rings. The Hall–Kier alpha value is -4.26. The SMILES string of the molecule is CCOc1cc([C@@H]2NC(=O)NC(C)=C2C(=O)OC)ccc1OC[C@H](O)N/N=C\c1ccc(C(F)(F)F)cc1. The van der Waals surface area contributed by atoms with Crippen LogP contribution in [0.5, 0.6) is 11.5 Å². The number of aliphatic hydroxyl groups is 1. The number of nitrogens with zero attached hydrogens (tertiary/aromatic N) is 1. The molecule has 2 atom stereocenters. The number of aliphatic hydroxyl groups excluding tert-OH is 1. The number of carbonyl (C=O) groups excluding carboxylic acids is 2. The van der Waals surface area contributed by atoms with Gasteiger partial charge in [-0.15, -0.1) is 0 Å². The fraction of sp³-hybridized carbons (Fsp3) is 0.320. The van der Waals surface area contributed by atoms with Gasteiger partial charge in [-0.1, -0.05) is 18.2 Å². The second-order valence-electron chi connectivity index (χ2n) is 8.03. The Morgan fingerprint density at radius 1 is 1.18 bits per heavy atom. The number of halogens is 3. The van der Waals surface area contributed by atoms with Crippen LogP contribution in [0.2, 0.25) is 0 Å². The number of esters is 1. The van der Waals surface area contributed by atoms with Crippen LogP contribution in [0.15, 0.2) is 58.8 Å². The molecular weight excluding hydrogens is 509 g/mol. The Bertz CT molecular complexity index is 1210. The Morgan fingerprint density at radius 3 is 2.53 bits per heavy atom. The average molecular weight is 537 g/mol. The molecule has 0 bridgehead atoms. The average Bonchev–Trinajstić information content (AvgIpc) is 2.87. The van der Waals surface area contributed by atoms with E-state index in [9.17, 15) is 27.9 Å². The van der Waals surface area contributed by atoms with Crippen LogP contribution in [0.4, 0.5) is 18.0 Å². The van der Waals surface area contributed by atoms with Crippen molar-refractivity contribution in [1.82, 2.24) is 16.1 Å². The number of rotatable bonds is 10. The van der Waals surface area contributed by atoms with Crippen LogP contribution < -0.4 is 25.5 Å². The second-order valence-corrected chi connectivity index (χ2v) is 8.03. The highest BCUT2D eigenvalue weighted by atomic mass is 19.4. The van der Waals surface area contributed by atoms with Crippen molar-refractivity contribution in [3.63, 3.8) is 0 Å². The van der Waals surface area contributed by atoms with E-state index >= 15 is 0 Å². The zero-order valence-corrected chi connectivity index (χ0v) is 20.8. The van der Waals surface area contributed by atoms with Crippen molar-refractivity contribution >= 4 is 18.2 Å². The molecule has 0 saturated carbocycles. The summed E-state index contributed by atoms with van der Waals surface area (Å²) in [6.45, 7) is 3.39. The number of amides is 2. The van der Waals surface area contributed by atoms with Crippen LogP contribution in [-0.4, -0.2) is 49.9 Å². The van der Waals surface area contributed by atoms with Crippen LogP contribution in [-0.2, 0) is 15.7 Å². The Labute approximate surface area is 216 Å². The first-order valence-corrected chi connectivity index (χ1v) is 11.4. The maximum atomic E-state index is 12.6. The quantitative estimate of drug-likeness (QED) is 0.159. The molecule has 10 nitrogen and oxygen atoms in total. The van der Waals surface area contributed by atoms with E-state index in [-0.39, 0.29) is 24.5 Å². The number of hydrazone groups is 1. The summed E-state index contributed by atoms with van der Waals surface area (Å²) in [5.74, 6) is -0.0202. The fourth-order valence-corrected chi connectivity index (χ4v) is 3.58. The van der Waals surface area contributed by atoms with E-state index in [1.807, 2.05) is 0 Å². The number of urea groups is 1. The summed E-state index contributed by atoms with van der Waals surface area (Å²) in [5, 5.41) is 19.2. The van der Waals surface area contributed by atoms with Gasteiger partial charge >= 0.3 is 18.2 Å². The molecule has 0 spiro atoms. The molecule has 13 heteroatoms. The standard InChI is InChI=1S/C25H27F3N4O6/c1-4-37-19-11-16(22-21(23(34)36-3)14(2)30-24(35)31-22)7-10-18(19)38-13-20(33)32-29-12-15-5-8-17(9-6-15)25(26,27)28/h5-12,20,22,32-33H,4,13H2,1-3H3,(H2,30,31,35)/b29-12-/t20-,22-/m0/s1. The number of nitrogens with one attached hydrogen (secondary N) is 3. The number of hydrogen-bond acceptors (Lipinski definition) is 8. The van der Waals surface area contributed by atoms with E-state index in [0.29, 0.717) is 22.6 Å². The largest absolute Gasteiger partial charge is 0.490 e. The summed E-state index contributed by atoms with van der Waals surface area (Å²) in [7, 11) is 1.24. The zero-order valence-electron chi connectivity index (χ0n) is 20.8. The van der Waals surface area contributed by atoms with Gasteiger partial charge in [-0.3, -0.25) is 5.43 Å². The maximum Gasteiger partial charge on any atom is 0.416 e. The maximum absolute atomic E-state index is 12.6. The van der Waals surface area contributed by atoms with Crippen molar-refractivity contribution in [2.45, 2.75) is 32.3 Å². The van der Waals surface area contributed by atoms with Gasteiger partial charge in [0, 0.05) is 5.70 Å². The monoisotopic (exact) mass is 536 g/mol. The number of carbonyl (C=O) groups is 2. The first-order valence-electron chi connectivity index (χ1n) is 11.4. The lowest BCUT2D eigenvalue weighted by Crippen LogP contribution is -2.45. The minimum Gasteiger partial charge on any atom is -0.490 e. The van der Waals surface area contributed by atoms with Gasteiger partial charge in [0.1, 0.15) is 6.61 Å². The van der Waals surface area contributed by atoms with Crippen LogP contribution >= 0.6 is 0 Å². The lowest BCUT2D eigenvalue weighted by Gasteiger charge is -2.28. The lowest BCUT2D eigenvalue weighted by molar-refractivity contribution is -0.138. The third kappa shape index (κ3) is 7.16. The second kappa shape index (κ2) is 12.3. The topological polar surface area (TPSA) is 131 Å². The predicted molar refractivity (Wildman–Crippen MR) is 130 cm³/mol. The zero-order chi connectivity index (χ0) is 27.9. The van der Waals surface area contributed by atoms with Gasteiger partial charge in [0.25, 0.3) is 0 Å². The molecule has 0 aromatic heterocycles. The fourth-order valence-electron chi connectivity index (χ4n) is 3.58. The van der Waals surface area contributed by atoms with Crippen molar-refractivity contribution in [3.05, 3.63) is 70.4 Å². The molecule has 204 valence electrons. The van der Waals surface area contributed by atoms with Gasteiger partial charge in [0.15, 0.2) is 17.7 Å². The number of ether oxygens (including phenoxy) is 3. The van der Waals surface area contributed by atoms with Crippen molar-refractivity contribution in [2.24, 2.45) is 5.10 Å². The molecule has 0 radical (unpaired) electrons. The van der Waals surface area contributed by atoms with Crippen LogP contribution in [0, 0.1) is 0 Å². The summed E-state index contributed by atoms with van der Waals surface area (Å²) in [6, 6.07) is 7.89. The Morgan fingerprint density at radius 2 is 1.89 bits per heavy atom. The molecule has 38 heavy (non-hydrogen) atoms. The van der Waals surface area contributed by atoms with Crippen LogP contribution in [0.25, 0.3) is 0 Å². The van der Waals surface area contributed by atoms with Gasteiger partial charge < -0.3 is 30.0 Å². The van der Waals surface area contributed by atoms with Crippen LogP contribution in [0.3, 0.4) is 0 Å². The van der Waals surface area contributed by atoms with E-state index in [2.05, 4.69) is 21.2 Å². The van der Waals surface area contributed by atoms with E-state index in [4.69, 9.17) is 14.2 Å². The molecule has 3 rings (SSSR count). The van der Waals surface area contributed by atoms with Crippen molar-refractivity contribution in [1.29, 1.82) is 0 Å². The Kier molecular flexibility index (Phi) is 9.18. The molecule has 0 unspecified atom stereocenters. The number of alkyl halides is 3. The summed E-state index contributed by atoms with van der Waals surface area (Å²) < 4.78 is 54.1. The summed E-state index contributed by atoms with van der Waals surface area (Å²) in [4.78, 5) is 24.4. The molecule has 2 aromatic carbocycles. The third-order valence-electron chi connectivity index (χ3n) is 5.35. The first kappa shape index (κ1) is 28.3. The third-order valence-corrected chi connectivity index (χ3v) is 5.35. The van der Waals surface area contributed by atoms with Crippen molar-refractivity contribution in [3.8, 4) is 11.5 Å². The summed E-state index contributed by atoms with van der Waals surface area (Å²) in [5.41, 5.74) is 3.17. The summed E-state index contributed by atoms with van der Waals surface area (Å²) in [6.07, 6.45) is -4.43. The Balaban J connectivity index is 1.67. The molecular formula is C25H27F3N4O6. The highest BCUT2D eigenvalue weighted by Crippen LogP contribution is 2.35. The first-order chi connectivity index (χ1) is 18.0. The number of methoxy groups -OCH3 is 1. The van der Waals surface area contributed by atoms with Gasteiger partial charge in [-0.25, -0.2) is 9.59 Å². The predicted octanol–water partition coefficient (Wildman–Crippen LogP) is 3.23. The summed E-state index contributed by atoms with van der Waals surface area (Å²) >= 11 is 0. The van der Waals surface area contributed by atoms with Gasteiger partial charge in [0.05, 0.1) is 37.1 Å². The lowest BCUT2D eigenvalue weighted by atomic mass is 9.95. The molecule has 2 amide bonds. The molecule has 0 fully saturated rings. The molecule has 0 saturated heterocycles.